The number of para-hydroxylation sites is 1. The van der Waals surface area contributed by atoms with Gasteiger partial charge in [0.05, 0.1) is 10.6 Å². The van der Waals surface area contributed by atoms with Crippen LogP contribution in [0.5, 0.6) is 0 Å². The van der Waals surface area contributed by atoms with Crippen molar-refractivity contribution in [1.82, 2.24) is 4.57 Å². The van der Waals surface area contributed by atoms with Gasteiger partial charge in [-0.05, 0) is 90.5 Å². The third-order valence-electron chi connectivity index (χ3n) is 4.42. The zero-order valence-electron chi connectivity index (χ0n) is 14.4. The van der Waals surface area contributed by atoms with E-state index in [-0.39, 0.29) is 5.91 Å². The molecule has 26 heavy (non-hydrogen) atoms. The number of hydrogen-bond donors (Lipinski definition) is 1. The molecule has 0 bridgehead atoms. The number of nitrogens with zero attached hydrogens (tertiary/aromatic N) is 1. The first-order valence-corrected chi connectivity index (χ1v) is 10.2. The van der Waals surface area contributed by atoms with Crippen LogP contribution < -0.4 is 5.32 Å². The van der Waals surface area contributed by atoms with Crippen LogP contribution in [-0.2, 0) is 4.79 Å². The molecular formula is C21H17IN2OS. The molecule has 1 aliphatic rings. The molecule has 0 spiro atoms. The molecule has 1 amide bonds. The minimum Gasteiger partial charge on any atom is -0.320 e. The number of aryl methyl sites for hydroxylation is 1. The number of halogens is 1. The second kappa shape index (κ2) is 6.96. The standard InChI is InChI=1S/C21H17IN2OS/c1-13-11-15(14(2)24(13)17-9-7-16(22)8-10-17)12-20-21(25)23-18-5-3-4-6-19(18)26-20/h3-12H,1-2H3,(H,23,25)/b20-12-. The lowest BCUT2D eigenvalue weighted by Gasteiger charge is -2.18. The fourth-order valence-corrected chi connectivity index (χ4v) is 4.47. The van der Waals surface area contributed by atoms with Crippen molar-refractivity contribution >= 4 is 52.0 Å². The molecule has 130 valence electrons. The van der Waals surface area contributed by atoms with Gasteiger partial charge in [-0.25, -0.2) is 0 Å². The van der Waals surface area contributed by atoms with E-state index in [0.717, 1.165) is 33.2 Å². The minimum absolute atomic E-state index is 0.0484. The second-order valence-electron chi connectivity index (χ2n) is 6.20. The van der Waals surface area contributed by atoms with Gasteiger partial charge < -0.3 is 9.88 Å². The first kappa shape index (κ1) is 17.4. The van der Waals surface area contributed by atoms with Crippen LogP contribution in [0, 0.1) is 17.4 Å². The number of anilines is 1. The fraction of sp³-hybridized carbons (Fsp3) is 0.0952. The third kappa shape index (κ3) is 3.21. The van der Waals surface area contributed by atoms with Gasteiger partial charge in [0.15, 0.2) is 0 Å². The van der Waals surface area contributed by atoms with Crippen LogP contribution in [0.3, 0.4) is 0 Å². The molecule has 0 atom stereocenters. The van der Waals surface area contributed by atoms with Gasteiger partial charge in [0.2, 0.25) is 0 Å². The molecule has 1 aromatic heterocycles. The quantitative estimate of drug-likeness (QED) is 0.379. The summed E-state index contributed by atoms with van der Waals surface area (Å²) in [5, 5.41) is 2.97. The predicted octanol–water partition coefficient (Wildman–Crippen LogP) is 5.78. The maximum atomic E-state index is 12.5. The van der Waals surface area contributed by atoms with Crippen LogP contribution in [0.1, 0.15) is 17.0 Å². The molecule has 0 fully saturated rings. The highest BCUT2D eigenvalue weighted by Gasteiger charge is 2.21. The van der Waals surface area contributed by atoms with E-state index < -0.39 is 0 Å². The number of carbonyl (C=O) groups is 1. The summed E-state index contributed by atoms with van der Waals surface area (Å²) in [6.07, 6.45) is 1.99. The Balaban J connectivity index is 1.73. The lowest BCUT2D eigenvalue weighted by molar-refractivity contribution is -0.112. The Kier molecular flexibility index (Phi) is 4.67. The zero-order valence-corrected chi connectivity index (χ0v) is 17.4. The van der Waals surface area contributed by atoms with Crippen LogP contribution in [0.4, 0.5) is 5.69 Å². The van der Waals surface area contributed by atoms with E-state index >= 15 is 0 Å². The Hall–Kier alpha value is -1.99. The Labute approximate surface area is 170 Å². The third-order valence-corrected chi connectivity index (χ3v) is 6.24. The van der Waals surface area contributed by atoms with Gasteiger partial charge in [0.1, 0.15) is 0 Å². The Morgan fingerprint density at radius 2 is 1.81 bits per heavy atom. The summed E-state index contributed by atoms with van der Waals surface area (Å²) >= 11 is 3.83. The second-order valence-corrected chi connectivity index (χ2v) is 8.53. The molecule has 0 radical (unpaired) electrons. The largest absolute Gasteiger partial charge is 0.320 e. The van der Waals surface area contributed by atoms with Gasteiger partial charge in [0, 0.05) is 25.5 Å². The maximum absolute atomic E-state index is 12.5. The summed E-state index contributed by atoms with van der Waals surface area (Å²) in [5.74, 6) is -0.0484. The van der Waals surface area contributed by atoms with E-state index in [4.69, 9.17) is 0 Å². The number of carbonyl (C=O) groups excluding carboxylic acids is 1. The highest BCUT2D eigenvalue weighted by atomic mass is 127. The van der Waals surface area contributed by atoms with Gasteiger partial charge in [-0.2, -0.15) is 0 Å². The van der Waals surface area contributed by atoms with E-state index in [2.05, 4.69) is 76.7 Å². The molecule has 1 aliphatic heterocycles. The number of fused-ring (bicyclic) bond motifs is 1. The number of hydrogen-bond acceptors (Lipinski definition) is 2. The Bertz CT molecular complexity index is 1030. The lowest BCUT2D eigenvalue weighted by atomic mass is 10.2. The molecule has 2 heterocycles. The lowest BCUT2D eigenvalue weighted by Crippen LogP contribution is -2.17. The van der Waals surface area contributed by atoms with Crippen molar-refractivity contribution in [3.05, 3.63) is 80.0 Å². The van der Waals surface area contributed by atoms with Gasteiger partial charge in [-0.3, -0.25) is 4.79 Å². The van der Waals surface area contributed by atoms with E-state index in [9.17, 15) is 4.79 Å². The fourth-order valence-electron chi connectivity index (χ4n) is 3.17. The van der Waals surface area contributed by atoms with E-state index in [1.807, 2.05) is 30.3 Å². The molecule has 1 N–H and O–H groups in total. The summed E-state index contributed by atoms with van der Waals surface area (Å²) in [4.78, 5) is 14.3. The van der Waals surface area contributed by atoms with E-state index in [1.54, 1.807) is 0 Å². The van der Waals surface area contributed by atoms with Crippen molar-refractivity contribution in [3.8, 4) is 5.69 Å². The van der Waals surface area contributed by atoms with Crippen LogP contribution in [0.25, 0.3) is 11.8 Å². The first-order chi connectivity index (χ1) is 12.5. The molecule has 5 heteroatoms. The molecule has 3 nitrogen and oxygen atoms in total. The van der Waals surface area contributed by atoms with Crippen molar-refractivity contribution in [2.45, 2.75) is 18.7 Å². The van der Waals surface area contributed by atoms with Crippen molar-refractivity contribution in [2.75, 3.05) is 5.32 Å². The average molecular weight is 472 g/mol. The number of rotatable bonds is 2. The minimum atomic E-state index is -0.0484. The summed E-state index contributed by atoms with van der Waals surface area (Å²) in [6.45, 7) is 4.19. The maximum Gasteiger partial charge on any atom is 0.262 e. The number of aromatic nitrogens is 1. The van der Waals surface area contributed by atoms with E-state index in [0.29, 0.717) is 4.91 Å². The zero-order chi connectivity index (χ0) is 18.3. The monoisotopic (exact) mass is 472 g/mol. The molecule has 3 aromatic rings. The van der Waals surface area contributed by atoms with Crippen LogP contribution in [0.15, 0.2) is 64.4 Å². The predicted molar refractivity (Wildman–Crippen MR) is 117 cm³/mol. The number of nitrogens with one attached hydrogen (secondary N) is 1. The van der Waals surface area contributed by atoms with Gasteiger partial charge in [-0.15, -0.1) is 0 Å². The highest BCUT2D eigenvalue weighted by molar-refractivity contribution is 14.1. The summed E-state index contributed by atoms with van der Waals surface area (Å²) in [6, 6.07) is 18.5. The number of thioether (sulfide) groups is 1. The van der Waals surface area contributed by atoms with E-state index in [1.165, 1.54) is 15.3 Å². The Morgan fingerprint density at radius 3 is 2.58 bits per heavy atom. The van der Waals surface area contributed by atoms with Crippen molar-refractivity contribution in [1.29, 1.82) is 0 Å². The summed E-state index contributed by atoms with van der Waals surface area (Å²) in [5.41, 5.74) is 5.36. The van der Waals surface area contributed by atoms with Gasteiger partial charge in [-0.1, -0.05) is 23.9 Å². The number of amides is 1. The van der Waals surface area contributed by atoms with Crippen LogP contribution >= 0.6 is 34.4 Å². The topological polar surface area (TPSA) is 34.0 Å². The number of benzene rings is 2. The first-order valence-electron chi connectivity index (χ1n) is 8.28. The highest BCUT2D eigenvalue weighted by Crippen LogP contribution is 2.39. The summed E-state index contributed by atoms with van der Waals surface area (Å²) in [7, 11) is 0. The molecule has 2 aromatic carbocycles. The molecule has 0 unspecified atom stereocenters. The molecule has 0 aliphatic carbocycles. The Morgan fingerprint density at radius 1 is 1.08 bits per heavy atom. The van der Waals surface area contributed by atoms with Crippen LogP contribution in [0.2, 0.25) is 0 Å². The molecule has 0 saturated heterocycles. The van der Waals surface area contributed by atoms with Gasteiger partial charge in [0.25, 0.3) is 5.91 Å². The molecule has 4 rings (SSSR count). The molecule has 0 saturated carbocycles. The van der Waals surface area contributed by atoms with Crippen LogP contribution in [-0.4, -0.2) is 10.5 Å². The van der Waals surface area contributed by atoms with Crippen molar-refractivity contribution in [2.24, 2.45) is 0 Å². The van der Waals surface area contributed by atoms with Crippen molar-refractivity contribution < 1.29 is 4.79 Å². The average Bonchev–Trinajstić information content (AvgIpc) is 2.90. The smallest absolute Gasteiger partial charge is 0.262 e. The summed E-state index contributed by atoms with van der Waals surface area (Å²) < 4.78 is 3.44. The van der Waals surface area contributed by atoms with Crippen molar-refractivity contribution in [3.63, 3.8) is 0 Å². The SMILES string of the molecule is Cc1cc(/C=C2\Sc3ccccc3NC2=O)c(C)n1-c1ccc(I)cc1. The normalized spacial score (nSPS) is 15.0. The molecular weight excluding hydrogens is 455 g/mol. The van der Waals surface area contributed by atoms with Gasteiger partial charge >= 0.3 is 0 Å².